The van der Waals surface area contributed by atoms with E-state index in [4.69, 9.17) is 10.5 Å². The summed E-state index contributed by atoms with van der Waals surface area (Å²) < 4.78 is 7.24. The van der Waals surface area contributed by atoms with Crippen LogP contribution in [0.15, 0.2) is 41.5 Å². The molecule has 0 spiro atoms. The number of nitrogens with one attached hydrogen (secondary N) is 1. The minimum absolute atomic E-state index is 0.485. The summed E-state index contributed by atoms with van der Waals surface area (Å²) in [5.41, 5.74) is 9.13. The number of guanidine groups is 1. The van der Waals surface area contributed by atoms with Crippen LogP contribution in [0.5, 0.6) is 0 Å². The molecule has 0 atom stereocenters. The number of morpholine rings is 1. The third-order valence-electron chi connectivity index (χ3n) is 4.44. The van der Waals surface area contributed by atoms with Gasteiger partial charge < -0.3 is 15.8 Å². The van der Waals surface area contributed by atoms with Gasteiger partial charge in [0, 0.05) is 25.8 Å². The highest BCUT2D eigenvalue weighted by molar-refractivity contribution is 5.77. The Hall–Kier alpha value is -2.38. The Morgan fingerprint density at radius 2 is 2.08 bits per heavy atom. The average molecular weight is 356 g/mol. The molecule has 1 aliphatic rings. The highest BCUT2D eigenvalue weighted by Gasteiger charge is 2.09. The molecule has 0 radical (unpaired) electrons. The molecule has 0 saturated carbocycles. The molecule has 1 aliphatic heterocycles. The van der Waals surface area contributed by atoms with Crippen LogP contribution in [0.2, 0.25) is 0 Å². The molecule has 2 aromatic rings. The molecule has 140 valence electrons. The summed E-state index contributed by atoms with van der Waals surface area (Å²) in [4.78, 5) is 6.90. The standard InChI is InChI=1S/C19H28N6O/c1-16-7-10-25(23-16)18-6-3-2-5-17(18)15-22-19(20)21-8-4-9-24-11-13-26-14-12-24/h2-3,5-7,10H,4,8-9,11-15H2,1H3,(H3,20,21,22). The molecular weight excluding hydrogens is 328 g/mol. The van der Waals surface area contributed by atoms with Crippen LogP contribution in [0, 0.1) is 6.92 Å². The first kappa shape index (κ1) is 18.4. The Morgan fingerprint density at radius 1 is 1.27 bits per heavy atom. The van der Waals surface area contributed by atoms with E-state index >= 15 is 0 Å². The predicted molar refractivity (Wildman–Crippen MR) is 104 cm³/mol. The number of aliphatic imine (C=N–C) groups is 1. The van der Waals surface area contributed by atoms with Gasteiger partial charge in [-0.05, 0) is 37.6 Å². The van der Waals surface area contributed by atoms with Gasteiger partial charge in [-0.15, -0.1) is 0 Å². The minimum atomic E-state index is 0.485. The number of para-hydroxylation sites is 1. The van der Waals surface area contributed by atoms with Gasteiger partial charge >= 0.3 is 0 Å². The summed E-state index contributed by atoms with van der Waals surface area (Å²) in [5.74, 6) is 0.485. The number of hydrogen-bond donors (Lipinski definition) is 2. The fourth-order valence-corrected chi connectivity index (χ4v) is 2.99. The largest absolute Gasteiger partial charge is 0.379 e. The second-order valence-corrected chi connectivity index (χ2v) is 6.47. The molecule has 0 aliphatic carbocycles. The van der Waals surface area contributed by atoms with Crippen LogP contribution < -0.4 is 11.1 Å². The Balaban J connectivity index is 1.48. The van der Waals surface area contributed by atoms with E-state index in [0.29, 0.717) is 12.5 Å². The van der Waals surface area contributed by atoms with Crippen molar-refractivity contribution in [3.05, 3.63) is 47.8 Å². The Kier molecular flexibility index (Phi) is 6.62. The predicted octanol–water partition coefficient (Wildman–Crippen LogP) is 1.31. The van der Waals surface area contributed by atoms with Crippen molar-refractivity contribution in [2.45, 2.75) is 19.9 Å². The summed E-state index contributed by atoms with van der Waals surface area (Å²) >= 11 is 0. The number of hydrogen-bond acceptors (Lipinski definition) is 4. The molecule has 7 nitrogen and oxygen atoms in total. The summed E-state index contributed by atoms with van der Waals surface area (Å²) in [6.45, 7) is 8.12. The van der Waals surface area contributed by atoms with Gasteiger partial charge in [0.15, 0.2) is 5.96 Å². The van der Waals surface area contributed by atoms with E-state index in [2.05, 4.69) is 26.4 Å². The normalized spacial score (nSPS) is 16.0. The number of nitrogens with zero attached hydrogens (tertiary/aromatic N) is 4. The molecule has 3 rings (SSSR count). The molecule has 26 heavy (non-hydrogen) atoms. The number of aryl methyl sites for hydroxylation is 1. The lowest BCUT2D eigenvalue weighted by molar-refractivity contribution is 0.0376. The third-order valence-corrected chi connectivity index (χ3v) is 4.44. The minimum Gasteiger partial charge on any atom is -0.379 e. The van der Waals surface area contributed by atoms with Gasteiger partial charge in [0.25, 0.3) is 0 Å². The number of ether oxygens (including phenoxy) is 1. The molecular formula is C19H28N6O. The summed E-state index contributed by atoms with van der Waals surface area (Å²) in [5, 5.41) is 7.68. The van der Waals surface area contributed by atoms with E-state index in [0.717, 1.165) is 62.8 Å². The van der Waals surface area contributed by atoms with Crippen molar-refractivity contribution in [2.75, 3.05) is 39.4 Å². The lowest BCUT2D eigenvalue weighted by Gasteiger charge is -2.26. The van der Waals surface area contributed by atoms with Gasteiger partial charge in [-0.3, -0.25) is 4.90 Å². The zero-order valence-corrected chi connectivity index (χ0v) is 15.4. The lowest BCUT2D eigenvalue weighted by Crippen LogP contribution is -2.39. The van der Waals surface area contributed by atoms with Gasteiger partial charge in [-0.25, -0.2) is 9.67 Å². The maximum Gasteiger partial charge on any atom is 0.188 e. The molecule has 1 saturated heterocycles. The molecule has 2 heterocycles. The first-order valence-electron chi connectivity index (χ1n) is 9.17. The molecule has 1 aromatic carbocycles. The van der Waals surface area contributed by atoms with Crippen molar-refractivity contribution in [3.63, 3.8) is 0 Å². The smallest absolute Gasteiger partial charge is 0.188 e. The molecule has 1 aromatic heterocycles. The number of aromatic nitrogens is 2. The van der Waals surface area contributed by atoms with Crippen molar-refractivity contribution in [3.8, 4) is 5.69 Å². The first-order chi connectivity index (χ1) is 12.7. The van der Waals surface area contributed by atoms with Gasteiger partial charge in [0.1, 0.15) is 0 Å². The fraction of sp³-hybridized carbons (Fsp3) is 0.474. The maximum absolute atomic E-state index is 6.02. The van der Waals surface area contributed by atoms with Crippen molar-refractivity contribution >= 4 is 5.96 Å². The van der Waals surface area contributed by atoms with Gasteiger partial charge in [0.05, 0.1) is 31.1 Å². The van der Waals surface area contributed by atoms with E-state index < -0.39 is 0 Å². The quantitative estimate of drug-likeness (QED) is 0.444. The van der Waals surface area contributed by atoms with Crippen LogP contribution in [0.3, 0.4) is 0 Å². The van der Waals surface area contributed by atoms with Crippen molar-refractivity contribution in [1.29, 1.82) is 0 Å². The number of rotatable bonds is 7. The fourth-order valence-electron chi connectivity index (χ4n) is 2.99. The Morgan fingerprint density at radius 3 is 2.85 bits per heavy atom. The van der Waals surface area contributed by atoms with Gasteiger partial charge in [0.2, 0.25) is 0 Å². The van der Waals surface area contributed by atoms with E-state index in [9.17, 15) is 0 Å². The number of benzene rings is 1. The molecule has 0 amide bonds. The van der Waals surface area contributed by atoms with E-state index in [-0.39, 0.29) is 0 Å². The van der Waals surface area contributed by atoms with E-state index in [1.54, 1.807) is 0 Å². The van der Waals surface area contributed by atoms with Crippen LogP contribution in [-0.4, -0.2) is 60.0 Å². The zero-order valence-electron chi connectivity index (χ0n) is 15.4. The van der Waals surface area contributed by atoms with Crippen LogP contribution in [0.25, 0.3) is 5.69 Å². The Labute approximate surface area is 154 Å². The summed E-state index contributed by atoms with van der Waals surface area (Å²) in [6, 6.07) is 10.1. The molecule has 0 bridgehead atoms. The SMILES string of the molecule is Cc1ccn(-c2ccccc2CN=C(N)NCCCN2CCOCC2)n1. The molecule has 3 N–H and O–H groups in total. The lowest BCUT2D eigenvalue weighted by atomic mass is 10.2. The average Bonchev–Trinajstić information content (AvgIpc) is 3.11. The van der Waals surface area contributed by atoms with Crippen molar-refractivity contribution in [1.82, 2.24) is 20.0 Å². The molecule has 0 unspecified atom stereocenters. The number of nitrogens with two attached hydrogens (primary N) is 1. The first-order valence-corrected chi connectivity index (χ1v) is 9.17. The third kappa shape index (κ3) is 5.31. The van der Waals surface area contributed by atoms with E-state index in [1.165, 1.54) is 0 Å². The van der Waals surface area contributed by atoms with Gasteiger partial charge in [-0.2, -0.15) is 5.10 Å². The second-order valence-electron chi connectivity index (χ2n) is 6.47. The summed E-state index contributed by atoms with van der Waals surface area (Å²) in [7, 11) is 0. The van der Waals surface area contributed by atoms with Gasteiger partial charge in [-0.1, -0.05) is 18.2 Å². The van der Waals surface area contributed by atoms with Crippen molar-refractivity contribution in [2.24, 2.45) is 10.7 Å². The highest BCUT2D eigenvalue weighted by Crippen LogP contribution is 2.15. The van der Waals surface area contributed by atoms with Crippen molar-refractivity contribution < 1.29 is 4.74 Å². The summed E-state index contributed by atoms with van der Waals surface area (Å²) in [6.07, 6.45) is 3.00. The van der Waals surface area contributed by atoms with Crippen LogP contribution in [-0.2, 0) is 11.3 Å². The zero-order chi connectivity index (χ0) is 18.2. The second kappa shape index (κ2) is 9.35. The highest BCUT2D eigenvalue weighted by atomic mass is 16.5. The maximum atomic E-state index is 6.02. The van der Waals surface area contributed by atoms with E-state index in [1.807, 2.05) is 42.1 Å². The monoisotopic (exact) mass is 356 g/mol. The van der Waals surface area contributed by atoms with Crippen LogP contribution in [0.4, 0.5) is 0 Å². The van der Waals surface area contributed by atoms with Crippen LogP contribution >= 0.6 is 0 Å². The Bertz CT molecular complexity index is 720. The molecule has 1 fully saturated rings. The van der Waals surface area contributed by atoms with Crippen LogP contribution in [0.1, 0.15) is 17.7 Å². The topological polar surface area (TPSA) is 80.7 Å². The molecule has 7 heteroatoms.